The van der Waals surface area contributed by atoms with E-state index in [1.54, 1.807) is 12.1 Å². The van der Waals surface area contributed by atoms with Crippen molar-refractivity contribution in [3.05, 3.63) is 35.4 Å². The fraction of sp³-hybridized carbons (Fsp3) is 0.333. The molecule has 0 amide bonds. The van der Waals surface area contributed by atoms with Crippen LogP contribution in [0.3, 0.4) is 0 Å². The second kappa shape index (κ2) is 10.3. The minimum absolute atomic E-state index is 0.0241. The van der Waals surface area contributed by atoms with Crippen LogP contribution >= 0.6 is 8.60 Å². The van der Waals surface area contributed by atoms with Gasteiger partial charge in [-0.15, -0.1) is 0 Å². The molecule has 1 aromatic carbocycles. The van der Waals surface area contributed by atoms with Gasteiger partial charge in [0.2, 0.25) is 0 Å². The summed E-state index contributed by atoms with van der Waals surface area (Å²) in [5.74, 6) is -1.70. The number of ether oxygens (including phenoxy) is 1. The summed E-state index contributed by atoms with van der Waals surface area (Å²) in [7, 11) is -2.62. The average molecular weight is 304 g/mol. The third-order valence-corrected chi connectivity index (χ3v) is 2.11. The molecule has 0 aliphatic heterocycles. The Balaban J connectivity index is 0.000000796. The number of hydrogen-bond acceptors (Lipinski definition) is 6. The molecule has 0 aromatic heterocycles. The normalized spacial score (nSPS) is 9.65. The van der Waals surface area contributed by atoms with Gasteiger partial charge in [0.1, 0.15) is 0 Å². The average Bonchev–Trinajstić information content (AvgIpc) is 2.38. The number of esters is 1. The van der Waals surface area contributed by atoms with E-state index in [0.29, 0.717) is 6.61 Å². The lowest BCUT2D eigenvalue weighted by Crippen LogP contribution is -2.12. The van der Waals surface area contributed by atoms with E-state index >= 15 is 0 Å². The maximum absolute atomic E-state index is 11.6. The van der Waals surface area contributed by atoms with Gasteiger partial charge in [-0.25, -0.2) is 9.59 Å². The smallest absolute Gasteiger partial charge is 0.339 e. The van der Waals surface area contributed by atoms with Crippen LogP contribution in [0, 0.1) is 0 Å². The largest absolute Gasteiger partial charge is 0.478 e. The molecule has 0 fully saturated rings. The predicted octanol–water partition coefficient (Wildman–Crippen LogP) is 1.53. The molecule has 112 valence electrons. The van der Waals surface area contributed by atoms with E-state index < -0.39 is 20.5 Å². The van der Waals surface area contributed by atoms with Crippen LogP contribution in [-0.2, 0) is 4.74 Å². The van der Waals surface area contributed by atoms with Crippen molar-refractivity contribution in [3.63, 3.8) is 0 Å². The van der Waals surface area contributed by atoms with Gasteiger partial charge in [-0.2, -0.15) is 0 Å². The van der Waals surface area contributed by atoms with Crippen molar-refractivity contribution in [2.45, 2.75) is 19.8 Å². The first-order chi connectivity index (χ1) is 9.40. The number of carbonyl (C=O) groups is 2. The zero-order valence-corrected chi connectivity index (χ0v) is 11.8. The first-order valence-corrected chi connectivity index (χ1v) is 6.96. The second-order valence-corrected chi connectivity index (χ2v) is 4.15. The van der Waals surface area contributed by atoms with Gasteiger partial charge in [-0.3, -0.25) is 0 Å². The SMILES string of the molecule is CCCCOC(=O)c1ccccc1C(=O)O.OP(O)O. The number of aromatic carboxylic acids is 1. The zero-order chi connectivity index (χ0) is 15.5. The minimum atomic E-state index is -2.62. The van der Waals surface area contributed by atoms with Crippen LogP contribution < -0.4 is 0 Å². The lowest BCUT2D eigenvalue weighted by Gasteiger charge is -2.06. The van der Waals surface area contributed by atoms with Crippen molar-refractivity contribution in [1.29, 1.82) is 0 Å². The first kappa shape index (κ1) is 18.5. The highest BCUT2D eigenvalue weighted by Crippen LogP contribution is 2.11. The number of rotatable bonds is 5. The van der Waals surface area contributed by atoms with Gasteiger partial charge in [-0.1, -0.05) is 25.5 Å². The van der Waals surface area contributed by atoms with E-state index in [-0.39, 0.29) is 11.1 Å². The maximum atomic E-state index is 11.6. The highest BCUT2D eigenvalue weighted by Gasteiger charge is 2.16. The van der Waals surface area contributed by atoms with Crippen molar-refractivity contribution in [3.8, 4) is 0 Å². The Hall–Kier alpha value is -1.53. The second-order valence-electron chi connectivity index (χ2n) is 3.61. The number of benzene rings is 1. The topological polar surface area (TPSA) is 124 Å². The molecule has 0 saturated heterocycles. The zero-order valence-electron chi connectivity index (χ0n) is 10.9. The van der Waals surface area contributed by atoms with Gasteiger partial charge in [0.15, 0.2) is 0 Å². The van der Waals surface area contributed by atoms with Gasteiger partial charge < -0.3 is 24.5 Å². The third kappa shape index (κ3) is 7.81. The molecule has 8 heteroatoms. The Labute approximate surface area is 117 Å². The highest BCUT2D eigenvalue weighted by molar-refractivity contribution is 7.38. The van der Waals surface area contributed by atoms with E-state index in [9.17, 15) is 9.59 Å². The number of unbranched alkanes of at least 4 members (excludes halogenated alkanes) is 1. The van der Waals surface area contributed by atoms with Gasteiger partial charge in [-0.05, 0) is 18.6 Å². The Morgan fingerprint density at radius 1 is 1.15 bits per heavy atom. The summed E-state index contributed by atoms with van der Waals surface area (Å²) in [6, 6.07) is 6.03. The van der Waals surface area contributed by atoms with Crippen molar-refractivity contribution in [1.82, 2.24) is 0 Å². The van der Waals surface area contributed by atoms with Gasteiger partial charge in [0.05, 0.1) is 17.7 Å². The standard InChI is InChI=1S/C12H14O4.H3O3P/c1-2-3-8-16-12(15)10-7-5-4-6-9(10)11(13)14;1-4(2)3/h4-7H,2-3,8H2,1H3,(H,13,14);1-3H. The molecule has 0 aliphatic carbocycles. The molecular weight excluding hydrogens is 287 g/mol. The molecule has 0 heterocycles. The van der Waals surface area contributed by atoms with Crippen LogP contribution in [0.5, 0.6) is 0 Å². The quantitative estimate of drug-likeness (QED) is 0.369. The summed E-state index contributed by atoms with van der Waals surface area (Å²) < 4.78 is 4.96. The van der Waals surface area contributed by atoms with Gasteiger partial charge in [0, 0.05) is 0 Å². The van der Waals surface area contributed by atoms with Crippen LogP contribution in [0.4, 0.5) is 0 Å². The van der Waals surface area contributed by atoms with Crippen LogP contribution in [-0.4, -0.2) is 38.3 Å². The number of carboxylic acids is 1. The van der Waals surface area contributed by atoms with E-state index in [2.05, 4.69) is 0 Å². The minimum Gasteiger partial charge on any atom is -0.478 e. The van der Waals surface area contributed by atoms with E-state index in [0.717, 1.165) is 12.8 Å². The Morgan fingerprint density at radius 3 is 2.10 bits per heavy atom. The monoisotopic (exact) mass is 304 g/mol. The summed E-state index contributed by atoms with van der Waals surface area (Å²) in [6.07, 6.45) is 1.70. The molecule has 7 nitrogen and oxygen atoms in total. The molecule has 1 aromatic rings. The van der Waals surface area contributed by atoms with Crippen molar-refractivity contribution in [2.24, 2.45) is 0 Å². The maximum Gasteiger partial charge on any atom is 0.339 e. The molecule has 0 atom stereocenters. The molecule has 4 N–H and O–H groups in total. The van der Waals surface area contributed by atoms with E-state index in [4.69, 9.17) is 24.5 Å². The molecule has 0 radical (unpaired) electrons. The molecule has 0 aliphatic rings. The number of carboxylic acid groups (broad SMARTS) is 1. The summed E-state index contributed by atoms with van der Waals surface area (Å²) >= 11 is 0. The van der Waals surface area contributed by atoms with Gasteiger partial charge in [0.25, 0.3) is 0 Å². The third-order valence-electron chi connectivity index (χ3n) is 2.11. The lowest BCUT2D eigenvalue weighted by molar-refractivity contribution is 0.0489. The highest BCUT2D eigenvalue weighted by atomic mass is 31.2. The van der Waals surface area contributed by atoms with Gasteiger partial charge >= 0.3 is 20.5 Å². The Bertz CT molecular complexity index is 431. The molecular formula is C12H17O7P. The van der Waals surface area contributed by atoms with E-state index in [1.807, 2.05) is 6.92 Å². The van der Waals surface area contributed by atoms with Crippen LogP contribution in [0.2, 0.25) is 0 Å². The fourth-order valence-electron chi connectivity index (χ4n) is 1.23. The summed E-state index contributed by atoms with van der Waals surface area (Å²) in [4.78, 5) is 44.1. The van der Waals surface area contributed by atoms with Crippen molar-refractivity contribution in [2.75, 3.05) is 6.61 Å². The fourth-order valence-corrected chi connectivity index (χ4v) is 1.23. The molecule has 0 saturated carbocycles. The Morgan fingerprint density at radius 2 is 1.65 bits per heavy atom. The Kier molecular flexibility index (Phi) is 9.49. The molecule has 20 heavy (non-hydrogen) atoms. The van der Waals surface area contributed by atoms with Crippen LogP contribution in [0.25, 0.3) is 0 Å². The summed E-state index contributed by atoms with van der Waals surface area (Å²) in [5, 5.41) is 8.88. The van der Waals surface area contributed by atoms with Crippen molar-refractivity contribution < 1.29 is 34.1 Å². The predicted molar refractivity (Wildman–Crippen MR) is 72.2 cm³/mol. The lowest BCUT2D eigenvalue weighted by atomic mass is 10.1. The van der Waals surface area contributed by atoms with Crippen molar-refractivity contribution >= 4 is 20.5 Å². The molecule has 0 spiro atoms. The van der Waals surface area contributed by atoms with Crippen LogP contribution in [0.1, 0.15) is 40.5 Å². The van der Waals surface area contributed by atoms with E-state index in [1.165, 1.54) is 12.1 Å². The molecule has 0 bridgehead atoms. The molecule has 0 unspecified atom stereocenters. The first-order valence-electron chi connectivity index (χ1n) is 5.76. The summed E-state index contributed by atoms with van der Waals surface area (Å²) in [5.41, 5.74) is 0.0788. The molecule has 1 rings (SSSR count). The summed E-state index contributed by atoms with van der Waals surface area (Å²) in [6.45, 7) is 2.31. The number of hydrogen-bond donors (Lipinski definition) is 4. The number of carbonyl (C=O) groups excluding carboxylic acids is 1. The van der Waals surface area contributed by atoms with Crippen LogP contribution in [0.15, 0.2) is 24.3 Å².